The molecule has 0 unspecified atom stereocenters. The van der Waals surface area contributed by atoms with E-state index in [9.17, 15) is 0 Å². The lowest BCUT2D eigenvalue weighted by molar-refractivity contribution is 1.33. The second-order valence-corrected chi connectivity index (χ2v) is 3.35. The molecule has 0 aliphatic rings. The molecule has 0 aliphatic carbocycles. The van der Waals surface area contributed by atoms with Gasteiger partial charge in [-0.3, -0.25) is 4.98 Å². The smallest absolute Gasteiger partial charge is 0.0961 e. The van der Waals surface area contributed by atoms with Crippen molar-refractivity contribution in [1.29, 1.82) is 0 Å². The summed E-state index contributed by atoms with van der Waals surface area (Å²) in [7, 11) is 0. The van der Waals surface area contributed by atoms with Crippen molar-refractivity contribution in [1.82, 2.24) is 15.0 Å². The Morgan fingerprint density at radius 2 is 2.07 bits per heavy atom. The number of fused-ring (bicyclic) bond motifs is 1. The Kier molecular flexibility index (Phi) is 1.75. The number of benzene rings is 1. The second-order valence-electron chi connectivity index (χ2n) is 3.35. The standard InChI is InChI=1S/C12H9N3/c1-4-10(9-3-2-6-13-7-9)12-11(5-1)14-8-15-12/h1-8H,(H,14,15). The average Bonchev–Trinajstić information content (AvgIpc) is 2.78. The lowest BCUT2D eigenvalue weighted by Crippen LogP contribution is -1.81. The van der Waals surface area contributed by atoms with Gasteiger partial charge < -0.3 is 4.98 Å². The number of hydrogen-bond acceptors (Lipinski definition) is 2. The summed E-state index contributed by atoms with van der Waals surface area (Å²) in [5.41, 5.74) is 4.25. The Morgan fingerprint density at radius 3 is 2.93 bits per heavy atom. The summed E-state index contributed by atoms with van der Waals surface area (Å²) in [6.45, 7) is 0. The third kappa shape index (κ3) is 1.29. The van der Waals surface area contributed by atoms with Gasteiger partial charge in [-0.15, -0.1) is 0 Å². The summed E-state index contributed by atoms with van der Waals surface area (Å²) in [5, 5.41) is 0. The number of nitrogens with zero attached hydrogens (tertiary/aromatic N) is 2. The number of imidazole rings is 1. The van der Waals surface area contributed by atoms with Crippen molar-refractivity contribution in [3.05, 3.63) is 49.1 Å². The minimum absolute atomic E-state index is 0.991. The molecule has 0 aliphatic heterocycles. The number of nitrogens with one attached hydrogen (secondary N) is 1. The van der Waals surface area contributed by atoms with Gasteiger partial charge in [0.2, 0.25) is 0 Å². The monoisotopic (exact) mass is 195 g/mol. The first-order valence-electron chi connectivity index (χ1n) is 4.77. The van der Waals surface area contributed by atoms with E-state index < -0.39 is 0 Å². The number of para-hydroxylation sites is 1. The second kappa shape index (κ2) is 3.20. The van der Waals surface area contributed by atoms with Crippen LogP contribution >= 0.6 is 0 Å². The predicted octanol–water partition coefficient (Wildman–Crippen LogP) is 2.62. The van der Waals surface area contributed by atoms with E-state index in [-0.39, 0.29) is 0 Å². The van der Waals surface area contributed by atoms with Gasteiger partial charge in [-0.1, -0.05) is 18.2 Å². The van der Waals surface area contributed by atoms with E-state index in [1.165, 1.54) is 0 Å². The molecule has 15 heavy (non-hydrogen) atoms. The molecule has 3 nitrogen and oxygen atoms in total. The largest absolute Gasteiger partial charge is 0.345 e. The molecule has 3 aromatic rings. The first-order valence-corrected chi connectivity index (χ1v) is 4.77. The molecule has 0 atom stereocenters. The number of aromatic nitrogens is 3. The number of rotatable bonds is 1. The molecular weight excluding hydrogens is 186 g/mol. The maximum atomic E-state index is 4.31. The highest BCUT2D eigenvalue weighted by Crippen LogP contribution is 2.25. The van der Waals surface area contributed by atoms with Crippen molar-refractivity contribution < 1.29 is 0 Å². The number of hydrogen-bond donors (Lipinski definition) is 1. The Bertz CT molecular complexity index is 584. The Labute approximate surface area is 86.8 Å². The highest BCUT2D eigenvalue weighted by molar-refractivity contribution is 5.91. The van der Waals surface area contributed by atoms with Gasteiger partial charge in [-0.05, 0) is 12.1 Å². The van der Waals surface area contributed by atoms with Crippen LogP contribution in [-0.2, 0) is 0 Å². The van der Waals surface area contributed by atoms with Crippen molar-refractivity contribution in [2.45, 2.75) is 0 Å². The quantitative estimate of drug-likeness (QED) is 0.648. The molecule has 3 heteroatoms. The zero-order chi connectivity index (χ0) is 10.1. The van der Waals surface area contributed by atoms with E-state index in [4.69, 9.17) is 0 Å². The lowest BCUT2D eigenvalue weighted by atomic mass is 10.1. The third-order valence-corrected chi connectivity index (χ3v) is 2.42. The maximum absolute atomic E-state index is 4.31. The highest BCUT2D eigenvalue weighted by Gasteiger charge is 2.04. The molecule has 3 rings (SSSR count). The van der Waals surface area contributed by atoms with Gasteiger partial charge in [0, 0.05) is 23.5 Å². The van der Waals surface area contributed by atoms with E-state index in [1.54, 1.807) is 12.5 Å². The summed E-state index contributed by atoms with van der Waals surface area (Å²) in [5.74, 6) is 0. The lowest BCUT2D eigenvalue weighted by Gasteiger charge is -2.00. The molecule has 2 aromatic heterocycles. The fraction of sp³-hybridized carbons (Fsp3) is 0. The summed E-state index contributed by atoms with van der Waals surface area (Å²) < 4.78 is 0. The normalized spacial score (nSPS) is 10.7. The van der Waals surface area contributed by atoms with Gasteiger partial charge in [0.1, 0.15) is 0 Å². The van der Waals surface area contributed by atoms with E-state index in [0.717, 1.165) is 22.2 Å². The van der Waals surface area contributed by atoms with E-state index in [1.807, 2.05) is 30.5 Å². The first-order chi connectivity index (χ1) is 7.45. The molecule has 0 saturated heterocycles. The van der Waals surface area contributed by atoms with Crippen molar-refractivity contribution >= 4 is 11.0 Å². The van der Waals surface area contributed by atoms with Crippen LogP contribution in [0.3, 0.4) is 0 Å². The van der Waals surface area contributed by atoms with E-state index >= 15 is 0 Å². The van der Waals surface area contributed by atoms with Crippen LogP contribution in [-0.4, -0.2) is 15.0 Å². The van der Waals surface area contributed by atoms with Crippen LogP contribution in [0.2, 0.25) is 0 Å². The summed E-state index contributed by atoms with van der Waals surface area (Å²) >= 11 is 0. The minimum Gasteiger partial charge on any atom is -0.345 e. The van der Waals surface area contributed by atoms with Crippen molar-refractivity contribution in [2.24, 2.45) is 0 Å². The van der Waals surface area contributed by atoms with Crippen molar-refractivity contribution in [3.8, 4) is 11.1 Å². The minimum atomic E-state index is 0.991. The molecule has 0 saturated carbocycles. The molecule has 0 radical (unpaired) electrons. The van der Waals surface area contributed by atoms with E-state index in [2.05, 4.69) is 21.0 Å². The summed E-state index contributed by atoms with van der Waals surface area (Å²) in [6.07, 6.45) is 5.34. The van der Waals surface area contributed by atoms with Crippen LogP contribution in [0.15, 0.2) is 49.1 Å². The van der Waals surface area contributed by atoms with Gasteiger partial charge in [-0.2, -0.15) is 0 Å². The highest BCUT2D eigenvalue weighted by atomic mass is 14.9. The Balaban J connectivity index is 2.31. The first kappa shape index (κ1) is 8.17. The zero-order valence-corrected chi connectivity index (χ0v) is 8.01. The maximum Gasteiger partial charge on any atom is 0.0961 e. The van der Waals surface area contributed by atoms with E-state index in [0.29, 0.717) is 0 Å². The van der Waals surface area contributed by atoms with Gasteiger partial charge >= 0.3 is 0 Å². The van der Waals surface area contributed by atoms with Gasteiger partial charge in [0.05, 0.1) is 17.4 Å². The summed E-state index contributed by atoms with van der Waals surface area (Å²) in [6, 6.07) is 10.1. The van der Waals surface area contributed by atoms with Crippen LogP contribution in [0.25, 0.3) is 22.2 Å². The average molecular weight is 195 g/mol. The fourth-order valence-electron chi connectivity index (χ4n) is 1.72. The molecule has 0 bridgehead atoms. The molecule has 0 spiro atoms. The molecule has 2 heterocycles. The molecule has 1 N–H and O–H groups in total. The molecule has 1 aromatic carbocycles. The SMILES string of the molecule is c1cncc(-c2cccc3[nH]cnc23)c1. The Morgan fingerprint density at radius 1 is 1.07 bits per heavy atom. The predicted molar refractivity (Wildman–Crippen MR) is 59.3 cm³/mol. The van der Waals surface area contributed by atoms with Gasteiger partial charge in [-0.25, -0.2) is 4.98 Å². The topological polar surface area (TPSA) is 41.6 Å². The molecular formula is C12H9N3. The van der Waals surface area contributed by atoms with Crippen molar-refractivity contribution in [2.75, 3.05) is 0 Å². The van der Waals surface area contributed by atoms with Crippen molar-refractivity contribution in [3.63, 3.8) is 0 Å². The van der Waals surface area contributed by atoms with Crippen LogP contribution in [0, 0.1) is 0 Å². The van der Waals surface area contributed by atoms with Crippen LogP contribution in [0.1, 0.15) is 0 Å². The summed E-state index contributed by atoms with van der Waals surface area (Å²) in [4.78, 5) is 11.5. The number of H-pyrrole nitrogens is 1. The van der Waals surface area contributed by atoms with Gasteiger partial charge in [0.15, 0.2) is 0 Å². The molecule has 0 amide bonds. The molecule has 0 fully saturated rings. The Hall–Kier alpha value is -2.16. The van der Waals surface area contributed by atoms with Crippen LogP contribution in [0.5, 0.6) is 0 Å². The third-order valence-electron chi connectivity index (χ3n) is 2.42. The fourth-order valence-corrected chi connectivity index (χ4v) is 1.72. The molecule has 72 valence electrons. The van der Waals surface area contributed by atoms with Gasteiger partial charge in [0.25, 0.3) is 0 Å². The van der Waals surface area contributed by atoms with Crippen LogP contribution in [0.4, 0.5) is 0 Å². The zero-order valence-electron chi connectivity index (χ0n) is 8.01. The van der Waals surface area contributed by atoms with Crippen LogP contribution < -0.4 is 0 Å². The number of pyridine rings is 1. The number of aromatic amines is 1.